The highest BCUT2D eigenvalue weighted by atomic mass is 32.2. The van der Waals surface area contributed by atoms with Crippen molar-refractivity contribution >= 4 is 15.7 Å². The lowest BCUT2D eigenvalue weighted by molar-refractivity contribution is -0.130. The number of piperazine rings is 1. The van der Waals surface area contributed by atoms with Crippen molar-refractivity contribution in [1.82, 2.24) is 9.80 Å². The number of benzene rings is 1. The van der Waals surface area contributed by atoms with Crippen LogP contribution in [0.4, 0.5) is 0 Å². The largest absolute Gasteiger partial charge is 0.339 e. The van der Waals surface area contributed by atoms with Crippen LogP contribution in [0.15, 0.2) is 29.2 Å². The average Bonchev–Trinajstić information content (AvgIpc) is 2.47. The van der Waals surface area contributed by atoms with Gasteiger partial charge in [-0.1, -0.05) is 24.6 Å². The summed E-state index contributed by atoms with van der Waals surface area (Å²) in [5.74, 6) is -0.742. The molecule has 0 radical (unpaired) electrons. The van der Waals surface area contributed by atoms with E-state index in [1.807, 2.05) is 6.92 Å². The molecule has 116 valence electrons. The number of nitrogens with zero attached hydrogens (tertiary/aromatic N) is 2. The van der Waals surface area contributed by atoms with E-state index in [4.69, 9.17) is 0 Å². The summed E-state index contributed by atoms with van der Waals surface area (Å²) in [6.45, 7) is 7.78. The Labute approximate surface area is 126 Å². The van der Waals surface area contributed by atoms with Crippen LogP contribution in [0.25, 0.3) is 0 Å². The summed E-state index contributed by atoms with van der Waals surface area (Å²) in [5.41, 5.74) is 0.996. The van der Waals surface area contributed by atoms with Gasteiger partial charge in [0, 0.05) is 26.2 Å². The van der Waals surface area contributed by atoms with Crippen molar-refractivity contribution in [3.8, 4) is 0 Å². The maximum atomic E-state index is 12.3. The van der Waals surface area contributed by atoms with Gasteiger partial charge in [-0.05, 0) is 25.6 Å². The van der Waals surface area contributed by atoms with Gasteiger partial charge in [-0.15, -0.1) is 0 Å². The van der Waals surface area contributed by atoms with Crippen LogP contribution in [0.3, 0.4) is 0 Å². The quantitative estimate of drug-likeness (QED) is 0.830. The van der Waals surface area contributed by atoms with Crippen LogP contribution in [-0.2, 0) is 14.6 Å². The van der Waals surface area contributed by atoms with E-state index in [-0.39, 0.29) is 10.8 Å². The average molecular weight is 310 g/mol. The molecule has 0 aliphatic carbocycles. The smallest absolute Gasteiger partial charge is 0.238 e. The van der Waals surface area contributed by atoms with E-state index >= 15 is 0 Å². The van der Waals surface area contributed by atoms with Gasteiger partial charge in [0.05, 0.1) is 4.90 Å². The molecule has 1 aromatic carbocycles. The molecule has 0 bridgehead atoms. The topological polar surface area (TPSA) is 57.7 Å². The fourth-order valence-corrected chi connectivity index (χ4v) is 3.62. The number of carbonyl (C=O) groups is 1. The Morgan fingerprint density at radius 2 is 1.67 bits per heavy atom. The third kappa shape index (κ3) is 4.04. The Hall–Kier alpha value is -1.40. The lowest BCUT2D eigenvalue weighted by Gasteiger charge is -2.34. The summed E-state index contributed by atoms with van der Waals surface area (Å²) in [6.07, 6.45) is 0. The molecule has 1 fully saturated rings. The zero-order valence-corrected chi connectivity index (χ0v) is 13.4. The second-order valence-electron chi connectivity index (χ2n) is 5.39. The first-order valence-corrected chi connectivity index (χ1v) is 8.87. The van der Waals surface area contributed by atoms with Crippen LogP contribution in [0.5, 0.6) is 0 Å². The number of aryl methyl sites for hydroxylation is 1. The molecule has 1 aliphatic rings. The number of sulfone groups is 1. The van der Waals surface area contributed by atoms with Gasteiger partial charge in [0.2, 0.25) is 5.91 Å². The zero-order chi connectivity index (χ0) is 15.5. The molecule has 1 amide bonds. The van der Waals surface area contributed by atoms with Crippen LogP contribution < -0.4 is 0 Å². The van der Waals surface area contributed by atoms with Crippen molar-refractivity contribution in [3.05, 3.63) is 29.8 Å². The molecule has 1 heterocycles. The van der Waals surface area contributed by atoms with Gasteiger partial charge in [0.15, 0.2) is 9.84 Å². The molecular weight excluding hydrogens is 288 g/mol. The number of rotatable bonds is 4. The molecule has 21 heavy (non-hydrogen) atoms. The third-order valence-corrected chi connectivity index (χ3v) is 5.48. The van der Waals surface area contributed by atoms with Crippen LogP contribution in [0.1, 0.15) is 12.5 Å². The van der Waals surface area contributed by atoms with E-state index in [0.29, 0.717) is 13.1 Å². The summed E-state index contributed by atoms with van der Waals surface area (Å²) in [5, 5.41) is 0. The predicted octanol–water partition coefficient (Wildman–Crippen LogP) is 0.933. The number of hydrogen-bond donors (Lipinski definition) is 0. The lowest BCUT2D eigenvalue weighted by atomic mass is 10.2. The fraction of sp³-hybridized carbons (Fsp3) is 0.533. The van der Waals surface area contributed by atoms with Crippen molar-refractivity contribution in [2.45, 2.75) is 18.7 Å². The molecule has 0 aromatic heterocycles. The van der Waals surface area contributed by atoms with Gasteiger partial charge in [0.25, 0.3) is 0 Å². The first-order valence-electron chi connectivity index (χ1n) is 7.22. The van der Waals surface area contributed by atoms with Crippen LogP contribution >= 0.6 is 0 Å². The molecule has 0 atom stereocenters. The molecule has 5 nitrogen and oxygen atoms in total. The van der Waals surface area contributed by atoms with Crippen molar-refractivity contribution in [1.29, 1.82) is 0 Å². The lowest BCUT2D eigenvalue weighted by Crippen LogP contribution is -2.49. The summed E-state index contributed by atoms with van der Waals surface area (Å²) in [7, 11) is -3.55. The molecular formula is C15H22N2O3S. The van der Waals surface area contributed by atoms with Gasteiger partial charge < -0.3 is 9.80 Å². The molecule has 6 heteroatoms. The Morgan fingerprint density at radius 1 is 1.10 bits per heavy atom. The second kappa shape index (κ2) is 6.58. The summed E-state index contributed by atoms with van der Waals surface area (Å²) >= 11 is 0. The van der Waals surface area contributed by atoms with Gasteiger partial charge in [-0.3, -0.25) is 4.79 Å². The normalized spacial score (nSPS) is 17.0. The van der Waals surface area contributed by atoms with Gasteiger partial charge >= 0.3 is 0 Å². The van der Waals surface area contributed by atoms with Gasteiger partial charge in [-0.25, -0.2) is 8.42 Å². The first-order chi connectivity index (χ1) is 9.92. The standard InChI is InChI=1S/C15H22N2O3S/c1-3-16-8-10-17(11-9-16)15(18)12-21(19,20)14-6-4-13(2)5-7-14/h4-7H,3,8-12H2,1-2H3. The second-order valence-corrected chi connectivity index (χ2v) is 7.38. The summed E-state index contributed by atoms with van der Waals surface area (Å²) in [4.78, 5) is 16.3. The van der Waals surface area contributed by atoms with Crippen LogP contribution in [-0.4, -0.2) is 62.6 Å². The molecule has 1 aliphatic heterocycles. The summed E-state index contributed by atoms with van der Waals surface area (Å²) < 4.78 is 24.5. The van der Waals surface area contributed by atoms with E-state index in [1.165, 1.54) is 0 Å². The molecule has 0 N–H and O–H groups in total. The number of hydrogen-bond acceptors (Lipinski definition) is 4. The number of amides is 1. The monoisotopic (exact) mass is 310 g/mol. The minimum atomic E-state index is -3.55. The Balaban J connectivity index is 2.00. The van der Waals surface area contributed by atoms with Crippen molar-refractivity contribution in [2.24, 2.45) is 0 Å². The Morgan fingerprint density at radius 3 is 2.19 bits per heavy atom. The van der Waals surface area contributed by atoms with E-state index in [0.717, 1.165) is 25.2 Å². The van der Waals surface area contributed by atoms with Crippen LogP contribution in [0.2, 0.25) is 0 Å². The van der Waals surface area contributed by atoms with Crippen molar-refractivity contribution in [3.63, 3.8) is 0 Å². The third-order valence-electron chi connectivity index (χ3n) is 3.87. The number of carbonyl (C=O) groups excluding carboxylic acids is 1. The minimum absolute atomic E-state index is 0.216. The van der Waals surface area contributed by atoms with Crippen molar-refractivity contribution < 1.29 is 13.2 Å². The maximum Gasteiger partial charge on any atom is 0.238 e. The Kier molecular flexibility index (Phi) is 5.00. The molecule has 0 saturated carbocycles. The highest BCUT2D eigenvalue weighted by Crippen LogP contribution is 2.13. The van der Waals surface area contributed by atoms with E-state index in [9.17, 15) is 13.2 Å². The van der Waals surface area contributed by atoms with E-state index in [2.05, 4.69) is 11.8 Å². The number of likely N-dealkylation sites (N-methyl/N-ethyl adjacent to an activating group) is 1. The molecule has 0 spiro atoms. The molecule has 2 rings (SSSR count). The minimum Gasteiger partial charge on any atom is -0.339 e. The van der Waals surface area contributed by atoms with E-state index < -0.39 is 15.6 Å². The fourth-order valence-electron chi connectivity index (χ4n) is 2.40. The van der Waals surface area contributed by atoms with E-state index in [1.54, 1.807) is 29.2 Å². The highest BCUT2D eigenvalue weighted by molar-refractivity contribution is 7.92. The SMILES string of the molecule is CCN1CCN(C(=O)CS(=O)(=O)c2ccc(C)cc2)CC1. The van der Waals surface area contributed by atoms with Crippen molar-refractivity contribution in [2.75, 3.05) is 38.5 Å². The molecule has 1 saturated heterocycles. The van der Waals surface area contributed by atoms with Gasteiger partial charge in [0.1, 0.15) is 5.75 Å². The summed E-state index contributed by atoms with van der Waals surface area (Å²) in [6, 6.07) is 6.62. The van der Waals surface area contributed by atoms with Crippen LogP contribution in [0, 0.1) is 6.92 Å². The molecule has 1 aromatic rings. The molecule has 0 unspecified atom stereocenters. The Bertz CT molecular complexity index is 588. The van der Waals surface area contributed by atoms with Gasteiger partial charge in [-0.2, -0.15) is 0 Å². The zero-order valence-electron chi connectivity index (χ0n) is 12.6. The highest BCUT2D eigenvalue weighted by Gasteiger charge is 2.25. The maximum absolute atomic E-state index is 12.3. The predicted molar refractivity (Wildman–Crippen MR) is 81.9 cm³/mol. The first kappa shape index (κ1) is 16.0.